The van der Waals surface area contributed by atoms with Crippen molar-refractivity contribution < 1.29 is 0 Å². The van der Waals surface area contributed by atoms with Gasteiger partial charge in [0.15, 0.2) is 0 Å². The minimum Gasteiger partial charge on any atom is -0.346 e. The predicted octanol–water partition coefficient (Wildman–Crippen LogP) is 1.22. The average molecular weight is 295 g/mol. The third kappa shape index (κ3) is 2.14. The van der Waals surface area contributed by atoms with Gasteiger partial charge >= 0.3 is 0 Å². The molecule has 0 spiro atoms. The molecule has 1 aliphatic rings. The third-order valence-electron chi connectivity index (χ3n) is 4.02. The monoisotopic (exact) mass is 295 g/mol. The van der Waals surface area contributed by atoms with Crippen LogP contribution in [0.1, 0.15) is 17.5 Å². The van der Waals surface area contributed by atoms with Crippen molar-refractivity contribution in [3.63, 3.8) is 0 Å². The van der Waals surface area contributed by atoms with Gasteiger partial charge in [0.25, 0.3) is 0 Å². The van der Waals surface area contributed by atoms with E-state index >= 15 is 0 Å². The lowest BCUT2D eigenvalue weighted by molar-refractivity contribution is 0.160. The quantitative estimate of drug-likeness (QED) is 0.812. The molecule has 1 aliphatic heterocycles. The van der Waals surface area contributed by atoms with E-state index in [1.807, 2.05) is 23.1 Å². The molecule has 0 unspecified atom stereocenters. The zero-order chi connectivity index (χ0) is 15.6. The summed E-state index contributed by atoms with van der Waals surface area (Å²) in [5.41, 5.74) is 2.34. The fourth-order valence-corrected chi connectivity index (χ4v) is 2.72. The fourth-order valence-electron chi connectivity index (χ4n) is 2.72. The fraction of sp³-hybridized carbons (Fsp3) is 0.333. The van der Waals surface area contributed by atoms with E-state index in [1.165, 1.54) is 0 Å². The first-order valence-corrected chi connectivity index (χ1v) is 6.98. The van der Waals surface area contributed by atoms with Crippen molar-refractivity contribution in [2.24, 2.45) is 9.98 Å². The highest BCUT2D eigenvalue weighted by atomic mass is 15.4. The largest absolute Gasteiger partial charge is 0.346 e. The number of hydrogen-bond acceptors (Lipinski definition) is 5. The van der Waals surface area contributed by atoms with Crippen LogP contribution in [0.4, 0.5) is 5.82 Å². The van der Waals surface area contributed by atoms with Crippen LogP contribution < -0.4 is 5.32 Å². The average Bonchev–Trinajstić information content (AvgIpc) is 3.13. The van der Waals surface area contributed by atoms with Gasteiger partial charge in [-0.1, -0.05) is 0 Å². The maximum atomic E-state index is 9.04. The van der Waals surface area contributed by atoms with Crippen LogP contribution in [-0.4, -0.2) is 47.3 Å². The Bertz CT molecular complexity index is 755. The number of hydrogen-bond donors (Lipinski definition) is 2. The summed E-state index contributed by atoms with van der Waals surface area (Å²) in [5, 5.41) is 16.7. The van der Waals surface area contributed by atoms with E-state index in [9.17, 15) is 0 Å². The number of nitrogens with zero attached hydrogens (tertiary/aromatic N) is 5. The Morgan fingerprint density at radius 1 is 1.59 bits per heavy atom. The van der Waals surface area contributed by atoms with Crippen molar-refractivity contribution in [3.05, 3.63) is 35.8 Å². The van der Waals surface area contributed by atoms with E-state index in [0.29, 0.717) is 12.2 Å². The van der Waals surface area contributed by atoms with E-state index in [4.69, 9.17) is 5.26 Å². The van der Waals surface area contributed by atoms with Crippen molar-refractivity contribution in [1.82, 2.24) is 20.1 Å². The summed E-state index contributed by atoms with van der Waals surface area (Å²) in [7, 11) is 1.74. The summed E-state index contributed by atoms with van der Waals surface area (Å²) >= 11 is 0. The number of rotatable bonds is 5. The van der Waals surface area contributed by atoms with Crippen molar-refractivity contribution in [2.75, 3.05) is 20.1 Å². The molecule has 3 heterocycles. The van der Waals surface area contributed by atoms with Crippen LogP contribution in [-0.2, 0) is 5.54 Å². The summed E-state index contributed by atoms with van der Waals surface area (Å²) in [6, 6.07) is 4.16. The molecule has 112 valence electrons. The number of aromatic nitrogens is 3. The van der Waals surface area contributed by atoms with Gasteiger partial charge in [0.2, 0.25) is 0 Å². The van der Waals surface area contributed by atoms with Crippen molar-refractivity contribution in [3.8, 4) is 6.07 Å². The highest BCUT2D eigenvalue weighted by molar-refractivity contribution is 6.15. The Balaban J connectivity index is 1.96. The first-order valence-electron chi connectivity index (χ1n) is 6.98. The highest BCUT2D eigenvalue weighted by Crippen LogP contribution is 2.26. The summed E-state index contributed by atoms with van der Waals surface area (Å²) in [6.07, 6.45) is 5.96. The van der Waals surface area contributed by atoms with E-state index < -0.39 is 0 Å². The topological polar surface area (TPSA) is 94.2 Å². The van der Waals surface area contributed by atoms with Crippen LogP contribution in [0, 0.1) is 11.3 Å². The number of nitriles is 1. The third-order valence-corrected chi connectivity index (χ3v) is 4.02. The van der Waals surface area contributed by atoms with E-state index in [-0.39, 0.29) is 5.54 Å². The van der Waals surface area contributed by atoms with Crippen molar-refractivity contribution >= 4 is 18.2 Å². The van der Waals surface area contributed by atoms with E-state index in [1.54, 1.807) is 13.2 Å². The van der Waals surface area contributed by atoms with Crippen LogP contribution in [0.15, 0.2) is 34.6 Å². The number of aromatic amines is 1. The molecule has 7 nitrogen and oxygen atoms in total. The van der Waals surface area contributed by atoms with Gasteiger partial charge < -0.3 is 10.3 Å². The first kappa shape index (κ1) is 14.2. The summed E-state index contributed by atoms with van der Waals surface area (Å²) in [4.78, 5) is 11.4. The molecule has 3 rings (SSSR count). The summed E-state index contributed by atoms with van der Waals surface area (Å²) < 4.78 is 1.88. The van der Waals surface area contributed by atoms with E-state index in [0.717, 1.165) is 29.9 Å². The highest BCUT2D eigenvalue weighted by Gasteiger charge is 2.39. The smallest absolute Gasteiger partial charge is 0.138 e. The molecule has 1 saturated heterocycles. The second-order valence-electron chi connectivity index (χ2n) is 5.31. The second kappa shape index (κ2) is 5.58. The Kier molecular flexibility index (Phi) is 3.61. The van der Waals surface area contributed by atoms with Gasteiger partial charge in [0.05, 0.1) is 24.4 Å². The molecule has 22 heavy (non-hydrogen) atoms. The molecule has 2 aromatic heterocycles. The second-order valence-corrected chi connectivity index (χ2v) is 5.31. The molecule has 2 N–H and O–H groups in total. The normalized spacial score (nSPS) is 16.8. The molecule has 7 heteroatoms. The SMILES string of the molecule is C=Nc1[nH]ccc1/C(=N\C)c1cnn(C2(CC#N)CNC2)c1. The van der Waals surface area contributed by atoms with Crippen LogP contribution in [0.5, 0.6) is 0 Å². The van der Waals surface area contributed by atoms with Gasteiger partial charge in [-0.3, -0.25) is 9.67 Å². The van der Waals surface area contributed by atoms with Crippen LogP contribution in [0.2, 0.25) is 0 Å². The molecular weight excluding hydrogens is 278 g/mol. The predicted molar refractivity (Wildman–Crippen MR) is 84.9 cm³/mol. The Labute approximate surface area is 128 Å². The van der Waals surface area contributed by atoms with Gasteiger partial charge in [-0.05, 0) is 12.8 Å². The number of aliphatic imine (C=N–C) groups is 2. The van der Waals surface area contributed by atoms with Crippen LogP contribution in [0.25, 0.3) is 0 Å². The maximum Gasteiger partial charge on any atom is 0.138 e. The van der Waals surface area contributed by atoms with Crippen molar-refractivity contribution in [1.29, 1.82) is 5.26 Å². The first-order chi connectivity index (χ1) is 10.7. The van der Waals surface area contributed by atoms with Gasteiger partial charge in [0.1, 0.15) is 11.4 Å². The lowest BCUT2D eigenvalue weighted by Gasteiger charge is -2.41. The zero-order valence-corrected chi connectivity index (χ0v) is 12.4. The van der Waals surface area contributed by atoms with Gasteiger partial charge in [-0.2, -0.15) is 10.4 Å². The molecule has 1 fully saturated rings. The molecular formula is C15H17N7. The molecule has 0 bridgehead atoms. The Hall–Kier alpha value is -2.72. The molecule has 0 aliphatic carbocycles. The Morgan fingerprint density at radius 2 is 2.41 bits per heavy atom. The lowest BCUT2D eigenvalue weighted by Crippen LogP contribution is -2.60. The minimum absolute atomic E-state index is 0.247. The molecule has 0 radical (unpaired) electrons. The molecule has 0 amide bonds. The summed E-state index contributed by atoms with van der Waals surface area (Å²) in [5.74, 6) is 0.686. The maximum absolute atomic E-state index is 9.04. The molecule has 0 saturated carbocycles. The number of H-pyrrole nitrogens is 1. The van der Waals surface area contributed by atoms with Gasteiger partial charge in [0, 0.05) is 43.7 Å². The van der Waals surface area contributed by atoms with Crippen molar-refractivity contribution in [2.45, 2.75) is 12.0 Å². The standard InChI is InChI=1S/C15H17N7/c1-17-13(12-3-6-20-14(12)18-2)11-7-21-22(8-11)15(4-5-16)9-19-10-15/h3,6-8,19-20H,2,4,9-10H2,1H3/b17-13-. The Morgan fingerprint density at radius 3 is 3.00 bits per heavy atom. The van der Waals surface area contributed by atoms with Gasteiger partial charge in [-0.25, -0.2) is 4.99 Å². The number of nitrogens with one attached hydrogen (secondary N) is 2. The van der Waals surface area contributed by atoms with Crippen LogP contribution >= 0.6 is 0 Å². The molecule has 0 aromatic carbocycles. The minimum atomic E-state index is -0.247. The lowest BCUT2D eigenvalue weighted by atomic mass is 9.89. The van der Waals surface area contributed by atoms with E-state index in [2.05, 4.69) is 38.2 Å². The summed E-state index contributed by atoms with van der Waals surface area (Å²) in [6.45, 7) is 5.07. The molecule has 2 aromatic rings. The molecule has 0 atom stereocenters. The zero-order valence-electron chi connectivity index (χ0n) is 12.4. The van der Waals surface area contributed by atoms with Crippen LogP contribution in [0.3, 0.4) is 0 Å². The van der Waals surface area contributed by atoms with Gasteiger partial charge in [-0.15, -0.1) is 0 Å².